The summed E-state index contributed by atoms with van der Waals surface area (Å²) in [6.45, 7) is 2.32. The number of aliphatic hydroxyl groups excluding tert-OH is 1. The summed E-state index contributed by atoms with van der Waals surface area (Å²) >= 11 is 0. The van der Waals surface area contributed by atoms with Gasteiger partial charge in [0.15, 0.2) is 0 Å². The van der Waals surface area contributed by atoms with Gasteiger partial charge in [0.2, 0.25) is 0 Å². The fourth-order valence-electron chi connectivity index (χ4n) is 5.54. The molecular weight excluding hydrogens is 248 g/mol. The second kappa shape index (κ2) is 4.24. The fourth-order valence-corrected chi connectivity index (χ4v) is 5.54. The van der Waals surface area contributed by atoms with Crippen molar-refractivity contribution in [3.05, 3.63) is 29.3 Å². The van der Waals surface area contributed by atoms with Gasteiger partial charge in [-0.15, -0.1) is 0 Å². The van der Waals surface area contributed by atoms with E-state index in [4.69, 9.17) is 0 Å². The topological polar surface area (TPSA) is 40.5 Å². The van der Waals surface area contributed by atoms with Crippen LogP contribution in [0.15, 0.2) is 18.2 Å². The standard InChI is InChI=1S/C18H24O2/c1-18-9-8-14-13-5-3-12(19)10-11(13)2-4-15(14)16(18)6-7-17(18)20/h3,5,10,14-17,19-20H,2,4,6-9H2,1H3/t14-,15?,16+,17?,18+/m1/s1. The minimum Gasteiger partial charge on any atom is -0.508 e. The highest BCUT2D eigenvalue weighted by molar-refractivity contribution is 5.40. The van der Waals surface area contributed by atoms with Crippen molar-refractivity contribution in [2.45, 2.75) is 57.5 Å². The predicted molar refractivity (Wildman–Crippen MR) is 78.7 cm³/mol. The van der Waals surface area contributed by atoms with Gasteiger partial charge >= 0.3 is 0 Å². The van der Waals surface area contributed by atoms with E-state index in [0.717, 1.165) is 25.2 Å². The highest BCUT2D eigenvalue weighted by Gasteiger charge is 2.54. The maximum Gasteiger partial charge on any atom is 0.115 e. The number of rotatable bonds is 0. The average Bonchev–Trinajstić information content (AvgIpc) is 2.74. The van der Waals surface area contributed by atoms with Crippen molar-refractivity contribution in [2.75, 3.05) is 0 Å². The Hall–Kier alpha value is -1.02. The van der Waals surface area contributed by atoms with Crippen LogP contribution in [0.5, 0.6) is 5.75 Å². The van der Waals surface area contributed by atoms with Crippen LogP contribution in [0.3, 0.4) is 0 Å². The SMILES string of the molecule is C[C@]12CC[C@@H]3c4ccc(O)cc4CCC3[C@@H]1CCC2O. The number of hydrogen-bond donors (Lipinski definition) is 2. The zero-order chi connectivity index (χ0) is 13.9. The quantitative estimate of drug-likeness (QED) is 0.757. The van der Waals surface area contributed by atoms with Crippen LogP contribution in [0.1, 0.15) is 56.1 Å². The monoisotopic (exact) mass is 272 g/mol. The van der Waals surface area contributed by atoms with Gasteiger partial charge in [-0.2, -0.15) is 0 Å². The number of aliphatic hydroxyl groups is 1. The third kappa shape index (κ3) is 1.60. The van der Waals surface area contributed by atoms with Gasteiger partial charge in [-0.3, -0.25) is 0 Å². The summed E-state index contributed by atoms with van der Waals surface area (Å²) in [5.74, 6) is 2.49. The first-order valence-electron chi connectivity index (χ1n) is 8.09. The van der Waals surface area contributed by atoms with E-state index in [2.05, 4.69) is 13.0 Å². The van der Waals surface area contributed by atoms with E-state index >= 15 is 0 Å². The van der Waals surface area contributed by atoms with Crippen LogP contribution in [0.25, 0.3) is 0 Å². The molecule has 0 aromatic heterocycles. The normalized spacial score (nSPS) is 42.7. The molecule has 1 aromatic carbocycles. The average molecular weight is 272 g/mol. The van der Waals surface area contributed by atoms with E-state index in [1.807, 2.05) is 12.1 Å². The van der Waals surface area contributed by atoms with E-state index in [9.17, 15) is 10.2 Å². The highest BCUT2D eigenvalue weighted by Crippen LogP contribution is 2.60. The van der Waals surface area contributed by atoms with Crippen molar-refractivity contribution in [3.63, 3.8) is 0 Å². The van der Waals surface area contributed by atoms with Gasteiger partial charge in [-0.1, -0.05) is 13.0 Å². The summed E-state index contributed by atoms with van der Waals surface area (Å²) in [4.78, 5) is 0. The summed E-state index contributed by atoms with van der Waals surface area (Å²) in [5, 5.41) is 20.0. The number of phenolic OH excluding ortho intramolecular Hbond substituents is 1. The molecule has 0 bridgehead atoms. The number of phenols is 1. The molecule has 0 spiro atoms. The summed E-state index contributed by atoms with van der Waals surface area (Å²) < 4.78 is 0. The summed E-state index contributed by atoms with van der Waals surface area (Å²) in [6, 6.07) is 5.96. The molecule has 0 amide bonds. The van der Waals surface area contributed by atoms with Crippen LogP contribution < -0.4 is 0 Å². The minimum atomic E-state index is -0.0883. The first kappa shape index (κ1) is 12.7. The molecule has 4 rings (SSSR count). The molecule has 3 aliphatic carbocycles. The van der Waals surface area contributed by atoms with Crippen LogP contribution >= 0.6 is 0 Å². The molecule has 0 radical (unpaired) electrons. The smallest absolute Gasteiger partial charge is 0.115 e. The molecule has 2 N–H and O–H groups in total. The number of aryl methyl sites for hydroxylation is 1. The maximum absolute atomic E-state index is 10.4. The van der Waals surface area contributed by atoms with Gasteiger partial charge in [0.05, 0.1) is 6.10 Å². The van der Waals surface area contributed by atoms with Gasteiger partial charge in [0, 0.05) is 0 Å². The van der Waals surface area contributed by atoms with Gasteiger partial charge in [0.25, 0.3) is 0 Å². The Morgan fingerprint density at radius 1 is 1.15 bits per heavy atom. The molecule has 1 aromatic rings. The van der Waals surface area contributed by atoms with E-state index in [1.54, 1.807) is 0 Å². The molecule has 2 fully saturated rings. The van der Waals surface area contributed by atoms with Gasteiger partial charge < -0.3 is 10.2 Å². The summed E-state index contributed by atoms with van der Waals surface area (Å²) in [7, 11) is 0. The molecular formula is C18H24O2. The molecule has 20 heavy (non-hydrogen) atoms. The van der Waals surface area contributed by atoms with Crippen LogP contribution in [-0.4, -0.2) is 16.3 Å². The third-order valence-corrected chi connectivity index (χ3v) is 6.66. The Labute approximate surface area is 120 Å². The van der Waals surface area contributed by atoms with Crippen molar-refractivity contribution in [2.24, 2.45) is 17.3 Å². The number of fused-ring (bicyclic) bond motifs is 5. The molecule has 5 atom stereocenters. The Kier molecular flexibility index (Phi) is 2.69. The lowest BCUT2D eigenvalue weighted by molar-refractivity contribution is -0.0226. The fraction of sp³-hybridized carbons (Fsp3) is 0.667. The lowest BCUT2D eigenvalue weighted by atomic mass is 9.55. The van der Waals surface area contributed by atoms with Crippen LogP contribution in [0, 0.1) is 17.3 Å². The molecule has 0 aliphatic heterocycles. The van der Waals surface area contributed by atoms with Crippen molar-refractivity contribution in [1.29, 1.82) is 0 Å². The molecule has 2 unspecified atom stereocenters. The Morgan fingerprint density at radius 3 is 2.85 bits per heavy atom. The molecule has 2 nitrogen and oxygen atoms in total. The second-order valence-electron chi connectivity index (χ2n) is 7.44. The van der Waals surface area contributed by atoms with E-state index in [1.165, 1.54) is 30.4 Å². The van der Waals surface area contributed by atoms with Gasteiger partial charge in [-0.05, 0) is 85.0 Å². The second-order valence-corrected chi connectivity index (χ2v) is 7.44. The Balaban J connectivity index is 1.71. The van der Waals surface area contributed by atoms with Gasteiger partial charge in [0.1, 0.15) is 5.75 Å². The number of hydrogen-bond acceptors (Lipinski definition) is 2. The third-order valence-electron chi connectivity index (χ3n) is 6.66. The van der Waals surface area contributed by atoms with Crippen molar-refractivity contribution in [1.82, 2.24) is 0 Å². The van der Waals surface area contributed by atoms with Gasteiger partial charge in [-0.25, -0.2) is 0 Å². The first-order valence-corrected chi connectivity index (χ1v) is 8.09. The molecule has 3 aliphatic rings. The number of aromatic hydroxyl groups is 1. The van der Waals surface area contributed by atoms with E-state index < -0.39 is 0 Å². The predicted octanol–water partition coefficient (Wildman–Crippen LogP) is 3.61. The number of benzene rings is 1. The molecule has 108 valence electrons. The lowest BCUT2D eigenvalue weighted by Crippen LogP contribution is -2.43. The van der Waals surface area contributed by atoms with E-state index in [0.29, 0.717) is 17.6 Å². The largest absolute Gasteiger partial charge is 0.508 e. The lowest BCUT2D eigenvalue weighted by Gasteiger charge is -2.50. The van der Waals surface area contributed by atoms with Crippen molar-refractivity contribution in [3.8, 4) is 5.75 Å². The van der Waals surface area contributed by atoms with Crippen LogP contribution in [0.4, 0.5) is 0 Å². The molecule has 0 heterocycles. The molecule has 0 saturated heterocycles. The molecule has 2 heteroatoms. The van der Waals surface area contributed by atoms with Crippen LogP contribution in [0.2, 0.25) is 0 Å². The highest BCUT2D eigenvalue weighted by atomic mass is 16.3. The van der Waals surface area contributed by atoms with E-state index in [-0.39, 0.29) is 11.5 Å². The molecule has 2 saturated carbocycles. The summed E-state index contributed by atoms with van der Waals surface area (Å²) in [6.07, 6.45) is 6.78. The first-order chi connectivity index (χ1) is 9.59. The van der Waals surface area contributed by atoms with Crippen molar-refractivity contribution >= 4 is 0 Å². The zero-order valence-corrected chi connectivity index (χ0v) is 12.2. The van der Waals surface area contributed by atoms with Crippen LogP contribution in [-0.2, 0) is 6.42 Å². The zero-order valence-electron chi connectivity index (χ0n) is 12.2. The minimum absolute atomic E-state index is 0.0883. The van der Waals surface area contributed by atoms with Crippen molar-refractivity contribution < 1.29 is 10.2 Å². The Morgan fingerprint density at radius 2 is 2.00 bits per heavy atom. The Bertz CT molecular complexity index is 538. The summed E-state index contributed by atoms with van der Waals surface area (Å²) in [5.41, 5.74) is 2.99. The maximum atomic E-state index is 10.4.